The van der Waals surface area contributed by atoms with Crippen LogP contribution in [0.3, 0.4) is 0 Å². The maximum Gasteiger partial charge on any atom is 0.255 e. The Hall–Kier alpha value is -2.67. The summed E-state index contributed by atoms with van der Waals surface area (Å²) in [6, 6.07) is 7.60. The molecule has 25 heavy (non-hydrogen) atoms. The summed E-state index contributed by atoms with van der Waals surface area (Å²) in [5.74, 6) is 0.0842. The highest BCUT2D eigenvalue weighted by atomic mass is 16.2. The number of benzene rings is 1. The lowest BCUT2D eigenvalue weighted by molar-refractivity contribution is -0.137. The van der Waals surface area contributed by atoms with E-state index in [1.165, 1.54) is 0 Å². The number of likely N-dealkylation sites (N-methyl/N-ethyl adjacent to an activating group) is 1. The molecular weight excluding hydrogens is 318 g/mol. The van der Waals surface area contributed by atoms with Crippen molar-refractivity contribution in [2.45, 2.75) is 25.9 Å². The van der Waals surface area contributed by atoms with Crippen molar-refractivity contribution in [3.8, 4) is 0 Å². The molecule has 7 nitrogen and oxygen atoms in total. The van der Waals surface area contributed by atoms with Gasteiger partial charge in [-0.3, -0.25) is 19.5 Å². The van der Waals surface area contributed by atoms with Crippen molar-refractivity contribution in [2.75, 3.05) is 26.4 Å². The number of nitrogens with zero attached hydrogens (tertiary/aromatic N) is 3. The van der Waals surface area contributed by atoms with Gasteiger partial charge in [0.05, 0.1) is 12.2 Å². The molecule has 0 saturated carbocycles. The predicted octanol–water partition coefficient (Wildman–Crippen LogP) is 0.848. The Morgan fingerprint density at radius 2 is 2.00 bits per heavy atom. The Morgan fingerprint density at radius 3 is 2.64 bits per heavy atom. The van der Waals surface area contributed by atoms with Gasteiger partial charge >= 0.3 is 0 Å². The van der Waals surface area contributed by atoms with Gasteiger partial charge in [-0.15, -0.1) is 0 Å². The highest BCUT2D eigenvalue weighted by Crippen LogP contribution is 2.24. The Bertz CT molecular complexity index is 842. The quantitative estimate of drug-likeness (QED) is 0.863. The lowest BCUT2D eigenvalue weighted by Gasteiger charge is -2.33. The summed E-state index contributed by atoms with van der Waals surface area (Å²) in [4.78, 5) is 35.5. The van der Waals surface area contributed by atoms with Crippen LogP contribution in [0, 0.1) is 6.92 Å². The lowest BCUT2D eigenvalue weighted by Crippen LogP contribution is -2.44. The summed E-state index contributed by atoms with van der Waals surface area (Å²) in [6.45, 7) is 2.82. The van der Waals surface area contributed by atoms with Gasteiger partial charge in [0.1, 0.15) is 6.04 Å². The van der Waals surface area contributed by atoms with Gasteiger partial charge in [-0.25, -0.2) is 4.98 Å². The van der Waals surface area contributed by atoms with Crippen molar-refractivity contribution in [2.24, 2.45) is 0 Å². The zero-order chi connectivity index (χ0) is 18.1. The van der Waals surface area contributed by atoms with Crippen LogP contribution in [-0.4, -0.2) is 46.3 Å². The van der Waals surface area contributed by atoms with Gasteiger partial charge in [0.15, 0.2) is 0 Å². The third-order valence-electron chi connectivity index (χ3n) is 4.55. The van der Waals surface area contributed by atoms with E-state index in [0.29, 0.717) is 30.8 Å². The van der Waals surface area contributed by atoms with Gasteiger partial charge in [0, 0.05) is 12.1 Å². The van der Waals surface area contributed by atoms with Gasteiger partial charge in [0.2, 0.25) is 11.9 Å². The van der Waals surface area contributed by atoms with E-state index in [1.54, 1.807) is 4.90 Å². The minimum absolute atomic E-state index is 0.000145. The number of H-pyrrole nitrogens is 1. The molecule has 7 heteroatoms. The highest BCUT2D eigenvalue weighted by Gasteiger charge is 2.31. The maximum atomic E-state index is 13.1. The van der Waals surface area contributed by atoms with Crippen LogP contribution in [0.5, 0.6) is 0 Å². The summed E-state index contributed by atoms with van der Waals surface area (Å²) < 4.78 is 0. The average Bonchev–Trinajstić information content (AvgIpc) is 2.55. The number of nitrogen functional groups attached to an aromatic ring is 1. The van der Waals surface area contributed by atoms with E-state index in [0.717, 1.165) is 11.1 Å². The van der Waals surface area contributed by atoms with E-state index in [1.807, 2.05) is 50.2 Å². The van der Waals surface area contributed by atoms with E-state index in [4.69, 9.17) is 5.73 Å². The van der Waals surface area contributed by atoms with Crippen LogP contribution in [0.4, 0.5) is 5.95 Å². The molecule has 1 aliphatic rings. The number of anilines is 1. The van der Waals surface area contributed by atoms with E-state index >= 15 is 0 Å². The molecule has 132 valence electrons. The minimum atomic E-state index is -0.374. The first-order valence-corrected chi connectivity index (χ1v) is 8.26. The zero-order valence-corrected chi connectivity index (χ0v) is 14.7. The van der Waals surface area contributed by atoms with Crippen LogP contribution in [0.15, 0.2) is 29.1 Å². The third kappa shape index (κ3) is 3.41. The van der Waals surface area contributed by atoms with Gasteiger partial charge in [-0.2, -0.15) is 0 Å². The van der Waals surface area contributed by atoms with Crippen molar-refractivity contribution >= 4 is 11.9 Å². The number of carbonyl (C=O) groups is 1. The Kier molecular flexibility index (Phi) is 4.59. The van der Waals surface area contributed by atoms with E-state index in [2.05, 4.69) is 9.97 Å². The molecule has 0 radical (unpaired) electrons. The second-order valence-corrected chi connectivity index (χ2v) is 6.66. The van der Waals surface area contributed by atoms with Crippen molar-refractivity contribution in [1.29, 1.82) is 0 Å². The molecule has 0 fully saturated rings. The second kappa shape index (κ2) is 6.68. The number of carbonyl (C=O) groups excluding carboxylic acids is 1. The molecule has 0 aliphatic carbocycles. The Morgan fingerprint density at radius 1 is 1.32 bits per heavy atom. The summed E-state index contributed by atoms with van der Waals surface area (Å²) in [5, 5.41) is 0. The predicted molar refractivity (Wildman–Crippen MR) is 96.0 cm³/mol. The smallest absolute Gasteiger partial charge is 0.255 e. The fourth-order valence-corrected chi connectivity index (χ4v) is 3.23. The number of rotatable bonds is 3. The second-order valence-electron chi connectivity index (χ2n) is 6.66. The number of aryl methyl sites for hydroxylation is 1. The van der Waals surface area contributed by atoms with Crippen LogP contribution >= 0.6 is 0 Å². The number of fused-ring (bicyclic) bond motifs is 1. The standard InChI is InChI=1S/C18H23N5O2/c1-11-4-6-12(7-5-11)15(22(2)3)17(25)23-9-8-13-14(10-23)20-18(19)21-16(13)24/h4-7,15H,8-10H2,1-3H3,(H3,19,20,21,24)/t15-/m0/s1. The fraction of sp³-hybridized carbons (Fsp3) is 0.389. The fourth-order valence-electron chi connectivity index (χ4n) is 3.23. The zero-order valence-electron chi connectivity index (χ0n) is 14.7. The number of hydrogen-bond donors (Lipinski definition) is 2. The highest BCUT2D eigenvalue weighted by molar-refractivity contribution is 5.83. The molecule has 2 heterocycles. The molecule has 0 unspecified atom stereocenters. The van der Waals surface area contributed by atoms with E-state index in [-0.39, 0.29) is 23.5 Å². The van der Waals surface area contributed by atoms with Crippen molar-refractivity contribution in [3.63, 3.8) is 0 Å². The first kappa shape index (κ1) is 17.2. The largest absolute Gasteiger partial charge is 0.369 e. The van der Waals surface area contributed by atoms with E-state index in [9.17, 15) is 9.59 Å². The molecule has 3 rings (SSSR count). The van der Waals surface area contributed by atoms with Crippen LogP contribution in [0.2, 0.25) is 0 Å². The number of amides is 1. The molecule has 3 N–H and O–H groups in total. The Balaban J connectivity index is 1.88. The molecule has 1 atom stereocenters. The Labute approximate surface area is 146 Å². The number of aromatic amines is 1. The summed E-state index contributed by atoms with van der Waals surface area (Å²) in [6.07, 6.45) is 0.484. The van der Waals surface area contributed by atoms with Crippen molar-refractivity contribution in [3.05, 3.63) is 57.0 Å². The topological polar surface area (TPSA) is 95.3 Å². The molecule has 2 aromatic rings. The summed E-state index contributed by atoms with van der Waals surface area (Å²) >= 11 is 0. The van der Waals surface area contributed by atoms with Crippen LogP contribution < -0.4 is 11.3 Å². The lowest BCUT2D eigenvalue weighted by atomic mass is 10.0. The number of aromatic nitrogens is 2. The summed E-state index contributed by atoms with van der Waals surface area (Å²) in [5.41, 5.74) is 8.74. The molecule has 0 saturated heterocycles. The first-order chi connectivity index (χ1) is 11.9. The van der Waals surface area contributed by atoms with E-state index < -0.39 is 0 Å². The minimum Gasteiger partial charge on any atom is -0.369 e. The molecule has 0 spiro atoms. The number of hydrogen-bond acceptors (Lipinski definition) is 5. The van der Waals surface area contributed by atoms with Crippen LogP contribution in [-0.2, 0) is 17.8 Å². The van der Waals surface area contributed by atoms with Gasteiger partial charge in [-0.1, -0.05) is 29.8 Å². The molecule has 1 aliphatic heterocycles. The van der Waals surface area contributed by atoms with Crippen molar-refractivity contribution < 1.29 is 4.79 Å². The SMILES string of the molecule is Cc1ccc([C@@H](C(=O)N2CCc3c(nc(N)[nH]c3=O)C2)N(C)C)cc1. The van der Waals surface area contributed by atoms with Gasteiger partial charge in [0.25, 0.3) is 5.56 Å². The first-order valence-electron chi connectivity index (χ1n) is 8.26. The number of nitrogens with one attached hydrogen (secondary N) is 1. The monoisotopic (exact) mass is 341 g/mol. The molecule has 1 amide bonds. The van der Waals surface area contributed by atoms with Crippen molar-refractivity contribution in [1.82, 2.24) is 19.8 Å². The third-order valence-corrected chi connectivity index (χ3v) is 4.55. The van der Waals surface area contributed by atoms with Crippen LogP contribution in [0.1, 0.15) is 28.4 Å². The van der Waals surface area contributed by atoms with Gasteiger partial charge in [-0.05, 0) is 33.0 Å². The normalized spacial score (nSPS) is 15.1. The summed E-state index contributed by atoms with van der Waals surface area (Å²) in [7, 11) is 3.78. The maximum absolute atomic E-state index is 13.1. The van der Waals surface area contributed by atoms with Gasteiger partial charge < -0.3 is 10.6 Å². The molecule has 1 aromatic heterocycles. The molecule has 1 aromatic carbocycles. The van der Waals surface area contributed by atoms with Crippen LogP contribution in [0.25, 0.3) is 0 Å². The molecular formula is C18H23N5O2. The average molecular weight is 341 g/mol. The number of nitrogens with two attached hydrogens (primary N) is 1. The molecule has 0 bridgehead atoms.